The standard InChI is InChI=1S/C14H14N2O3/c1-15-8-9-16(14(15)19)10-12-5-3-2-4-11(12)6-7-13(17)18/h2-9H,10H2,1H3,(H,17,18)/b7-6+. The van der Waals surface area contributed by atoms with Gasteiger partial charge in [0.15, 0.2) is 0 Å². The van der Waals surface area contributed by atoms with Gasteiger partial charge in [-0.25, -0.2) is 9.59 Å². The summed E-state index contributed by atoms with van der Waals surface area (Å²) in [4.78, 5) is 22.3. The van der Waals surface area contributed by atoms with Gasteiger partial charge in [0.25, 0.3) is 0 Å². The molecule has 0 spiro atoms. The minimum Gasteiger partial charge on any atom is -0.478 e. The van der Waals surface area contributed by atoms with Crippen molar-refractivity contribution >= 4 is 12.0 Å². The van der Waals surface area contributed by atoms with Crippen LogP contribution in [0.2, 0.25) is 0 Å². The Morgan fingerprint density at radius 3 is 2.68 bits per heavy atom. The molecule has 0 bridgehead atoms. The Kier molecular flexibility index (Phi) is 3.66. The lowest BCUT2D eigenvalue weighted by Gasteiger charge is -2.06. The van der Waals surface area contributed by atoms with Crippen LogP contribution in [0.25, 0.3) is 6.08 Å². The van der Waals surface area contributed by atoms with Gasteiger partial charge in [-0.1, -0.05) is 24.3 Å². The van der Waals surface area contributed by atoms with Gasteiger partial charge < -0.3 is 9.67 Å². The van der Waals surface area contributed by atoms with Crippen molar-refractivity contribution < 1.29 is 9.90 Å². The van der Waals surface area contributed by atoms with E-state index in [4.69, 9.17) is 5.11 Å². The minimum absolute atomic E-state index is 0.1000. The van der Waals surface area contributed by atoms with Gasteiger partial charge in [0.1, 0.15) is 0 Å². The Balaban J connectivity index is 2.33. The van der Waals surface area contributed by atoms with Gasteiger partial charge in [-0.05, 0) is 17.2 Å². The molecule has 0 fully saturated rings. The first-order chi connectivity index (χ1) is 9.08. The number of hydrogen-bond acceptors (Lipinski definition) is 2. The van der Waals surface area contributed by atoms with Crippen molar-refractivity contribution in [3.63, 3.8) is 0 Å². The number of carboxylic acids is 1. The minimum atomic E-state index is -0.994. The summed E-state index contributed by atoms with van der Waals surface area (Å²) in [5.74, 6) is -0.994. The van der Waals surface area contributed by atoms with Gasteiger partial charge in [0.2, 0.25) is 0 Å². The summed E-state index contributed by atoms with van der Waals surface area (Å²) in [7, 11) is 1.69. The second-order valence-corrected chi connectivity index (χ2v) is 4.19. The summed E-state index contributed by atoms with van der Waals surface area (Å²) in [6.07, 6.45) is 6.02. The van der Waals surface area contributed by atoms with Crippen LogP contribution in [0.4, 0.5) is 0 Å². The summed E-state index contributed by atoms with van der Waals surface area (Å²) in [6, 6.07) is 7.39. The molecule has 98 valence electrons. The molecule has 0 radical (unpaired) electrons. The summed E-state index contributed by atoms with van der Waals surface area (Å²) in [5, 5.41) is 8.66. The van der Waals surface area contributed by atoms with E-state index in [9.17, 15) is 9.59 Å². The molecule has 1 aromatic carbocycles. The highest BCUT2D eigenvalue weighted by atomic mass is 16.4. The third kappa shape index (κ3) is 3.01. The molecule has 5 nitrogen and oxygen atoms in total. The Morgan fingerprint density at radius 2 is 2.05 bits per heavy atom. The Bertz CT molecular complexity index is 680. The highest BCUT2D eigenvalue weighted by Gasteiger charge is 2.04. The number of hydrogen-bond donors (Lipinski definition) is 1. The number of rotatable bonds is 4. The van der Waals surface area contributed by atoms with Crippen LogP contribution in [0.1, 0.15) is 11.1 Å². The number of carboxylic acid groups (broad SMARTS) is 1. The fourth-order valence-corrected chi connectivity index (χ4v) is 1.82. The van der Waals surface area contributed by atoms with E-state index in [1.54, 1.807) is 24.0 Å². The number of aliphatic carboxylic acids is 1. The molecular weight excluding hydrogens is 244 g/mol. The number of benzene rings is 1. The second kappa shape index (κ2) is 5.39. The van der Waals surface area contributed by atoms with Crippen LogP contribution in [0.15, 0.2) is 47.5 Å². The molecule has 0 saturated carbocycles. The van der Waals surface area contributed by atoms with Crippen LogP contribution in [0.5, 0.6) is 0 Å². The van der Waals surface area contributed by atoms with Crippen molar-refractivity contribution in [1.29, 1.82) is 0 Å². The lowest BCUT2D eigenvalue weighted by molar-refractivity contribution is -0.131. The van der Waals surface area contributed by atoms with E-state index in [0.29, 0.717) is 6.54 Å². The predicted molar refractivity (Wildman–Crippen MR) is 71.9 cm³/mol. The first kappa shape index (κ1) is 12.9. The van der Waals surface area contributed by atoms with E-state index in [2.05, 4.69) is 0 Å². The van der Waals surface area contributed by atoms with Crippen molar-refractivity contribution in [2.45, 2.75) is 6.54 Å². The third-order valence-corrected chi connectivity index (χ3v) is 2.82. The Labute approximate surface area is 110 Å². The largest absolute Gasteiger partial charge is 0.478 e. The lowest BCUT2D eigenvalue weighted by Crippen LogP contribution is -2.22. The van der Waals surface area contributed by atoms with Gasteiger partial charge in [-0.3, -0.25) is 4.57 Å². The molecular formula is C14H14N2O3. The molecule has 1 N–H and O–H groups in total. The predicted octanol–water partition coefficient (Wildman–Crippen LogP) is 1.33. The summed E-state index contributed by atoms with van der Waals surface area (Å²) in [6.45, 7) is 0.416. The second-order valence-electron chi connectivity index (χ2n) is 4.19. The molecule has 0 saturated heterocycles. The molecule has 2 aromatic rings. The molecule has 0 atom stereocenters. The van der Waals surface area contributed by atoms with E-state index in [1.807, 2.05) is 24.3 Å². The first-order valence-electron chi connectivity index (χ1n) is 5.78. The van der Waals surface area contributed by atoms with Crippen molar-refractivity contribution in [1.82, 2.24) is 9.13 Å². The third-order valence-electron chi connectivity index (χ3n) is 2.82. The van der Waals surface area contributed by atoms with Crippen LogP contribution in [-0.2, 0) is 18.4 Å². The number of carbonyl (C=O) groups is 1. The molecule has 0 amide bonds. The normalized spacial score (nSPS) is 11.0. The molecule has 0 aliphatic carbocycles. The molecule has 2 rings (SSSR count). The summed E-state index contributed by atoms with van der Waals surface area (Å²) >= 11 is 0. The molecule has 19 heavy (non-hydrogen) atoms. The topological polar surface area (TPSA) is 64.2 Å². The van der Waals surface area contributed by atoms with Crippen molar-refractivity contribution in [2.75, 3.05) is 0 Å². The molecule has 0 aliphatic heterocycles. The van der Waals surface area contributed by atoms with Crippen molar-refractivity contribution in [3.8, 4) is 0 Å². The number of aromatic nitrogens is 2. The fourth-order valence-electron chi connectivity index (χ4n) is 1.82. The lowest BCUT2D eigenvalue weighted by atomic mass is 10.1. The maximum absolute atomic E-state index is 11.8. The summed E-state index contributed by atoms with van der Waals surface area (Å²) < 4.78 is 3.07. The van der Waals surface area contributed by atoms with Gasteiger partial charge in [0, 0.05) is 25.5 Å². The van der Waals surface area contributed by atoms with Gasteiger partial charge in [-0.2, -0.15) is 0 Å². The van der Waals surface area contributed by atoms with Crippen LogP contribution >= 0.6 is 0 Å². The Hall–Kier alpha value is -2.56. The SMILES string of the molecule is Cn1ccn(Cc2ccccc2/C=C/C(=O)O)c1=O. The molecule has 0 aliphatic rings. The zero-order valence-corrected chi connectivity index (χ0v) is 10.5. The van der Waals surface area contributed by atoms with Crippen LogP contribution in [-0.4, -0.2) is 20.2 Å². The highest BCUT2D eigenvalue weighted by Crippen LogP contribution is 2.11. The quantitative estimate of drug-likeness (QED) is 0.841. The first-order valence-corrected chi connectivity index (χ1v) is 5.78. The monoisotopic (exact) mass is 258 g/mol. The van der Waals surface area contributed by atoms with Crippen LogP contribution in [0.3, 0.4) is 0 Å². The molecule has 1 heterocycles. The maximum atomic E-state index is 11.8. The fraction of sp³-hybridized carbons (Fsp3) is 0.143. The van der Waals surface area contributed by atoms with Gasteiger partial charge in [0.05, 0.1) is 6.54 Å². The zero-order valence-electron chi connectivity index (χ0n) is 10.5. The van der Waals surface area contributed by atoms with E-state index in [0.717, 1.165) is 17.2 Å². The van der Waals surface area contributed by atoms with E-state index in [1.165, 1.54) is 10.6 Å². The Morgan fingerprint density at radius 1 is 1.32 bits per heavy atom. The highest BCUT2D eigenvalue weighted by molar-refractivity contribution is 5.85. The van der Waals surface area contributed by atoms with E-state index >= 15 is 0 Å². The van der Waals surface area contributed by atoms with E-state index in [-0.39, 0.29) is 5.69 Å². The van der Waals surface area contributed by atoms with Crippen molar-refractivity contribution in [2.24, 2.45) is 7.05 Å². The van der Waals surface area contributed by atoms with Crippen molar-refractivity contribution in [3.05, 3.63) is 64.3 Å². The van der Waals surface area contributed by atoms with Gasteiger partial charge >= 0.3 is 11.7 Å². The van der Waals surface area contributed by atoms with Crippen LogP contribution < -0.4 is 5.69 Å². The van der Waals surface area contributed by atoms with Crippen LogP contribution in [0, 0.1) is 0 Å². The van der Waals surface area contributed by atoms with E-state index < -0.39 is 5.97 Å². The zero-order chi connectivity index (χ0) is 13.8. The smallest absolute Gasteiger partial charge is 0.328 e. The maximum Gasteiger partial charge on any atom is 0.328 e. The molecule has 5 heteroatoms. The number of imidazole rings is 1. The average Bonchev–Trinajstić information content (AvgIpc) is 2.70. The molecule has 0 unspecified atom stereocenters. The average molecular weight is 258 g/mol. The van der Waals surface area contributed by atoms with Gasteiger partial charge in [-0.15, -0.1) is 0 Å². The summed E-state index contributed by atoms with van der Waals surface area (Å²) in [5.41, 5.74) is 1.59. The molecule has 1 aromatic heterocycles. The number of nitrogens with zero attached hydrogens (tertiary/aromatic N) is 2. The number of aryl methyl sites for hydroxylation is 1.